The highest BCUT2D eigenvalue weighted by molar-refractivity contribution is 5.66. The van der Waals surface area contributed by atoms with E-state index in [1.807, 2.05) is 12.1 Å². The first kappa shape index (κ1) is 10.7. The molecule has 0 fully saturated rings. The molecule has 0 unspecified atom stereocenters. The molecule has 0 aliphatic carbocycles. The van der Waals surface area contributed by atoms with Crippen molar-refractivity contribution >= 4 is 0 Å². The number of hydrogen-bond acceptors (Lipinski definition) is 3. The molecule has 0 atom stereocenters. The number of nitrogens with zero attached hydrogens (tertiary/aromatic N) is 2. The second-order valence-corrected chi connectivity index (χ2v) is 3.79. The average molecular weight is 240 g/mol. The van der Waals surface area contributed by atoms with E-state index in [2.05, 4.69) is 10.1 Å². The van der Waals surface area contributed by atoms with Crippen LogP contribution >= 0.6 is 0 Å². The maximum absolute atomic E-state index is 13.6. The fourth-order valence-electron chi connectivity index (χ4n) is 1.72. The van der Waals surface area contributed by atoms with E-state index in [-0.39, 0.29) is 5.82 Å². The largest absolute Gasteiger partial charge is 0.356 e. The summed E-state index contributed by atoms with van der Waals surface area (Å²) in [6.07, 6.45) is 3.33. The smallest absolute Gasteiger partial charge is 0.167 e. The molecule has 1 aromatic carbocycles. The van der Waals surface area contributed by atoms with Crippen molar-refractivity contribution in [3.05, 3.63) is 60.7 Å². The molecule has 0 saturated carbocycles. The van der Waals surface area contributed by atoms with Gasteiger partial charge >= 0.3 is 0 Å². The predicted molar refractivity (Wildman–Crippen MR) is 65.1 cm³/mol. The average Bonchev–Trinajstić information content (AvgIpc) is 2.90. The Morgan fingerprint density at radius 2 is 1.78 bits per heavy atom. The monoisotopic (exact) mass is 240 g/mol. The number of hydrogen-bond donors (Lipinski definition) is 0. The van der Waals surface area contributed by atoms with Crippen molar-refractivity contribution in [3.8, 4) is 22.6 Å². The number of halogens is 1. The van der Waals surface area contributed by atoms with E-state index in [0.29, 0.717) is 17.0 Å². The third kappa shape index (κ3) is 1.88. The zero-order valence-corrected chi connectivity index (χ0v) is 9.38. The van der Waals surface area contributed by atoms with Gasteiger partial charge in [-0.05, 0) is 24.3 Å². The van der Waals surface area contributed by atoms with Crippen LogP contribution in [0.2, 0.25) is 0 Å². The lowest BCUT2D eigenvalue weighted by molar-refractivity contribution is 0.434. The summed E-state index contributed by atoms with van der Waals surface area (Å²) in [4.78, 5) is 3.93. The molecular weight excluding hydrogens is 231 g/mol. The highest BCUT2D eigenvalue weighted by Crippen LogP contribution is 2.26. The zero-order valence-electron chi connectivity index (χ0n) is 9.38. The van der Waals surface area contributed by atoms with Crippen LogP contribution in [0.25, 0.3) is 22.6 Å². The lowest BCUT2D eigenvalue weighted by Gasteiger charge is -1.95. The first-order chi connectivity index (χ1) is 8.84. The van der Waals surface area contributed by atoms with Crippen molar-refractivity contribution in [2.75, 3.05) is 0 Å². The van der Waals surface area contributed by atoms with Gasteiger partial charge in [-0.1, -0.05) is 17.3 Å². The molecule has 3 nitrogen and oxygen atoms in total. The fourth-order valence-corrected chi connectivity index (χ4v) is 1.72. The van der Waals surface area contributed by atoms with Gasteiger partial charge in [-0.15, -0.1) is 0 Å². The van der Waals surface area contributed by atoms with E-state index in [1.165, 1.54) is 6.07 Å². The third-order valence-corrected chi connectivity index (χ3v) is 2.62. The molecular formula is C14H9FN2O. The van der Waals surface area contributed by atoms with E-state index in [0.717, 1.165) is 5.56 Å². The fraction of sp³-hybridized carbons (Fsp3) is 0. The van der Waals surface area contributed by atoms with Crippen LogP contribution in [0.3, 0.4) is 0 Å². The Bertz CT molecular complexity index is 664. The molecule has 2 heterocycles. The first-order valence-corrected chi connectivity index (χ1v) is 5.46. The van der Waals surface area contributed by atoms with Crippen molar-refractivity contribution < 1.29 is 8.91 Å². The van der Waals surface area contributed by atoms with Gasteiger partial charge in [-0.25, -0.2) is 4.39 Å². The van der Waals surface area contributed by atoms with Gasteiger partial charge in [-0.2, -0.15) is 0 Å². The number of aromatic nitrogens is 2. The molecule has 0 N–H and O–H groups in total. The van der Waals surface area contributed by atoms with Crippen LogP contribution in [-0.2, 0) is 0 Å². The highest BCUT2D eigenvalue weighted by atomic mass is 19.1. The Morgan fingerprint density at radius 3 is 2.56 bits per heavy atom. The van der Waals surface area contributed by atoms with Gasteiger partial charge < -0.3 is 4.52 Å². The Hall–Kier alpha value is -2.49. The van der Waals surface area contributed by atoms with Crippen molar-refractivity contribution in [2.24, 2.45) is 0 Å². The number of rotatable bonds is 2. The molecule has 3 rings (SSSR count). The van der Waals surface area contributed by atoms with Gasteiger partial charge in [0.15, 0.2) is 5.76 Å². The summed E-state index contributed by atoms with van der Waals surface area (Å²) in [7, 11) is 0. The Balaban J connectivity index is 2.03. The normalized spacial score (nSPS) is 10.5. The summed E-state index contributed by atoms with van der Waals surface area (Å²) in [5.41, 5.74) is 1.78. The zero-order chi connectivity index (χ0) is 12.4. The lowest BCUT2D eigenvalue weighted by Crippen LogP contribution is -1.82. The molecule has 18 heavy (non-hydrogen) atoms. The first-order valence-electron chi connectivity index (χ1n) is 5.46. The van der Waals surface area contributed by atoms with Crippen LogP contribution in [0.15, 0.2) is 59.4 Å². The molecule has 0 saturated heterocycles. The van der Waals surface area contributed by atoms with Crippen molar-refractivity contribution in [3.63, 3.8) is 0 Å². The molecule has 0 bridgehead atoms. The molecule has 0 radical (unpaired) electrons. The van der Waals surface area contributed by atoms with Gasteiger partial charge in [-0.3, -0.25) is 4.98 Å². The highest BCUT2D eigenvalue weighted by Gasteiger charge is 2.11. The lowest BCUT2D eigenvalue weighted by atomic mass is 10.1. The third-order valence-electron chi connectivity index (χ3n) is 2.62. The molecule has 3 aromatic rings. The van der Waals surface area contributed by atoms with Crippen molar-refractivity contribution in [2.45, 2.75) is 0 Å². The molecule has 0 aliphatic rings. The van der Waals surface area contributed by atoms with Crippen LogP contribution in [-0.4, -0.2) is 10.1 Å². The Labute approximate surface area is 103 Å². The van der Waals surface area contributed by atoms with Crippen LogP contribution in [0.4, 0.5) is 4.39 Å². The number of benzene rings is 1. The summed E-state index contributed by atoms with van der Waals surface area (Å²) < 4.78 is 18.8. The van der Waals surface area contributed by atoms with Crippen LogP contribution < -0.4 is 0 Å². The van der Waals surface area contributed by atoms with Crippen LogP contribution in [0.5, 0.6) is 0 Å². The topological polar surface area (TPSA) is 38.9 Å². The second kappa shape index (κ2) is 4.41. The van der Waals surface area contributed by atoms with Gasteiger partial charge in [0.05, 0.1) is 0 Å². The van der Waals surface area contributed by atoms with Crippen LogP contribution in [0, 0.1) is 5.82 Å². The van der Waals surface area contributed by atoms with Gasteiger partial charge in [0.2, 0.25) is 0 Å². The van der Waals surface area contributed by atoms with E-state index < -0.39 is 0 Å². The summed E-state index contributed by atoms with van der Waals surface area (Å²) in [6, 6.07) is 11.8. The van der Waals surface area contributed by atoms with Gasteiger partial charge in [0, 0.05) is 29.6 Å². The second-order valence-electron chi connectivity index (χ2n) is 3.79. The minimum Gasteiger partial charge on any atom is -0.356 e. The SMILES string of the molecule is Fc1ccccc1-c1cc(-c2ccncc2)on1. The predicted octanol–water partition coefficient (Wildman–Crippen LogP) is 3.54. The maximum Gasteiger partial charge on any atom is 0.167 e. The summed E-state index contributed by atoms with van der Waals surface area (Å²) in [5, 5.41) is 3.89. The van der Waals surface area contributed by atoms with Gasteiger partial charge in [0.1, 0.15) is 11.5 Å². The standard InChI is InChI=1S/C14H9FN2O/c15-12-4-2-1-3-11(12)13-9-14(18-17-13)10-5-7-16-8-6-10/h1-9H. The molecule has 0 spiro atoms. The number of pyridine rings is 1. The minimum atomic E-state index is -0.313. The Morgan fingerprint density at radius 1 is 1.00 bits per heavy atom. The van der Waals surface area contributed by atoms with Crippen LogP contribution in [0.1, 0.15) is 0 Å². The van der Waals surface area contributed by atoms with Gasteiger partial charge in [0.25, 0.3) is 0 Å². The molecule has 88 valence electrons. The maximum atomic E-state index is 13.6. The molecule has 0 aliphatic heterocycles. The molecule has 0 amide bonds. The quantitative estimate of drug-likeness (QED) is 0.687. The summed E-state index contributed by atoms with van der Waals surface area (Å²) in [5.74, 6) is 0.280. The van der Waals surface area contributed by atoms with E-state index >= 15 is 0 Å². The van der Waals surface area contributed by atoms with Crippen molar-refractivity contribution in [1.29, 1.82) is 0 Å². The van der Waals surface area contributed by atoms with Crippen molar-refractivity contribution in [1.82, 2.24) is 10.1 Å². The minimum absolute atomic E-state index is 0.313. The summed E-state index contributed by atoms with van der Waals surface area (Å²) >= 11 is 0. The summed E-state index contributed by atoms with van der Waals surface area (Å²) in [6.45, 7) is 0. The molecule has 2 aromatic heterocycles. The molecule has 4 heteroatoms. The van der Waals surface area contributed by atoms with E-state index in [9.17, 15) is 4.39 Å². The van der Waals surface area contributed by atoms with E-state index in [1.54, 1.807) is 36.7 Å². The van der Waals surface area contributed by atoms with E-state index in [4.69, 9.17) is 4.52 Å². The Kier molecular flexibility index (Phi) is 2.61.